The van der Waals surface area contributed by atoms with Crippen LogP contribution in [0.2, 0.25) is 0 Å². The summed E-state index contributed by atoms with van der Waals surface area (Å²) in [6, 6.07) is 20.6. The van der Waals surface area contributed by atoms with Crippen molar-refractivity contribution in [2.24, 2.45) is 0 Å². The van der Waals surface area contributed by atoms with Crippen LogP contribution in [0.3, 0.4) is 0 Å². The Hall–Kier alpha value is -1.60. The van der Waals surface area contributed by atoms with Gasteiger partial charge in [-0.25, -0.2) is 0 Å². The molecule has 0 bridgehead atoms. The molecule has 0 spiro atoms. The predicted octanol–water partition coefficient (Wildman–Crippen LogP) is 3.58. The van der Waals surface area contributed by atoms with E-state index < -0.39 is 0 Å². The minimum absolute atomic E-state index is 0.555. The molecule has 2 atom stereocenters. The molecule has 0 N–H and O–H groups in total. The number of rotatable bonds is 1. The summed E-state index contributed by atoms with van der Waals surface area (Å²) in [5, 5.41) is 0. The normalized spacial score (nSPS) is 26.0. The smallest absolute Gasteiger partial charge is 0.0363 e. The molecule has 2 heterocycles. The standard InChI is InChI=1S/C17H17N/c1-2-6-13(7-3-1)16-12-18-11-10-17(18)15-9-5-4-8-14(15)16/h1-9,16-17H,10-12H2/t16-,17-/m1/s1. The van der Waals surface area contributed by atoms with Gasteiger partial charge in [-0.3, -0.25) is 4.90 Å². The van der Waals surface area contributed by atoms with Crippen LogP contribution in [0.4, 0.5) is 0 Å². The van der Waals surface area contributed by atoms with Gasteiger partial charge in [-0.15, -0.1) is 0 Å². The van der Waals surface area contributed by atoms with Crippen molar-refractivity contribution in [3.05, 3.63) is 71.3 Å². The van der Waals surface area contributed by atoms with Crippen LogP contribution in [0.15, 0.2) is 54.6 Å². The Morgan fingerprint density at radius 3 is 2.28 bits per heavy atom. The highest BCUT2D eigenvalue weighted by atomic mass is 15.2. The van der Waals surface area contributed by atoms with Gasteiger partial charge in [0.15, 0.2) is 0 Å². The Balaban J connectivity index is 1.83. The SMILES string of the molecule is c1ccc([C@H]2CN3CC[C@@H]3c3ccccc32)cc1. The zero-order valence-electron chi connectivity index (χ0n) is 10.4. The average molecular weight is 235 g/mol. The fourth-order valence-electron chi connectivity index (χ4n) is 3.45. The molecule has 0 amide bonds. The monoisotopic (exact) mass is 235 g/mol. The van der Waals surface area contributed by atoms with Crippen molar-refractivity contribution < 1.29 is 0 Å². The van der Waals surface area contributed by atoms with E-state index in [4.69, 9.17) is 0 Å². The number of nitrogens with zero attached hydrogens (tertiary/aromatic N) is 1. The summed E-state index contributed by atoms with van der Waals surface area (Å²) in [7, 11) is 0. The van der Waals surface area contributed by atoms with Gasteiger partial charge >= 0.3 is 0 Å². The van der Waals surface area contributed by atoms with Crippen LogP contribution in [0.5, 0.6) is 0 Å². The van der Waals surface area contributed by atoms with E-state index in [1.54, 1.807) is 11.1 Å². The molecular weight excluding hydrogens is 218 g/mol. The maximum atomic E-state index is 2.62. The third-order valence-corrected chi connectivity index (χ3v) is 4.48. The second-order valence-corrected chi connectivity index (χ2v) is 5.39. The molecule has 1 heteroatoms. The van der Waals surface area contributed by atoms with Gasteiger partial charge in [0, 0.05) is 25.0 Å². The van der Waals surface area contributed by atoms with Gasteiger partial charge in [0.05, 0.1) is 0 Å². The molecule has 2 aliphatic heterocycles. The van der Waals surface area contributed by atoms with Crippen molar-refractivity contribution in [3.63, 3.8) is 0 Å². The summed E-state index contributed by atoms with van der Waals surface area (Å²) in [5.41, 5.74) is 4.56. The molecule has 18 heavy (non-hydrogen) atoms. The van der Waals surface area contributed by atoms with Crippen molar-refractivity contribution in [2.75, 3.05) is 13.1 Å². The van der Waals surface area contributed by atoms with Crippen LogP contribution in [-0.2, 0) is 0 Å². The molecule has 90 valence electrons. The molecule has 4 rings (SSSR count). The van der Waals surface area contributed by atoms with Crippen molar-refractivity contribution >= 4 is 0 Å². The number of fused-ring (bicyclic) bond motifs is 3. The average Bonchev–Trinajstić information content (AvgIpc) is 2.40. The molecule has 0 radical (unpaired) electrons. The lowest BCUT2D eigenvalue weighted by molar-refractivity contribution is 0.0739. The Kier molecular flexibility index (Phi) is 2.27. The maximum absolute atomic E-state index is 2.62. The first-order valence-electron chi connectivity index (χ1n) is 6.81. The lowest BCUT2D eigenvalue weighted by atomic mass is 9.77. The van der Waals surface area contributed by atoms with Gasteiger partial charge < -0.3 is 0 Å². The first-order chi connectivity index (χ1) is 8.93. The minimum atomic E-state index is 0.555. The first kappa shape index (κ1) is 10.3. The highest BCUT2D eigenvalue weighted by Gasteiger charge is 2.38. The van der Waals surface area contributed by atoms with Gasteiger partial charge in [0.25, 0.3) is 0 Å². The summed E-state index contributed by atoms with van der Waals surface area (Å²) in [4.78, 5) is 2.62. The van der Waals surface area contributed by atoms with Crippen molar-refractivity contribution in [3.8, 4) is 0 Å². The zero-order valence-corrected chi connectivity index (χ0v) is 10.4. The third kappa shape index (κ3) is 1.44. The van der Waals surface area contributed by atoms with Gasteiger partial charge in [0.2, 0.25) is 0 Å². The van der Waals surface area contributed by atoms with Crippen LogP contribution in [0.25, 0.3) is 0 Å². The molecular formula is C17H17N. The van der Waals surface area contributed by atoms with E-state index in [-0.39, 0.29) is 0 Å². The lowest BCUT2D eigenvalue weighted by Crippen LogP contribution is -2.47. The Morgan fingerprint density at radius 1 is 0.833 bits per heavy atom. The molecule has 0 saturated carbocycles. The lowest BCUT2D eigenvalue weighted by Gasteiger charge is -2.48. The van der Waals surface area contributed by atoms with E-state index in [1.807, 2.05) is 0 Å². The predicted molar refractivity (Wildman–Crippen MR) is 73.7 cm³/mol. The summed E-state index contributed by atoms with van der Waals surface area (Å²) in [6.45, 7) is 2.45. The van der Waals surface area contributed by atoms with Crippen LogP contribution in [0, 0.1) is 0 Å². The van der Waals surface area contributed by atoms with Crippen molar-refractivity contribution in [1.29, 1.82) is 0 Å². The topological polar surface area (TPSA) is 3.24 Å². The molecule has 2 aliphatic rings. The fraction of sp³-hybridized carbons (Fsp3) is 0.294. The molecule has 0 unspecified atom stereocenters. The van der Waals surface area contributed by atoms with Crippen LogP contribution in [-0.4, -0.2) is 18.0 Å². The van der Waals surface area contributed by atoms with Crippen molar-refractivity contribution in [2.45, 2.75) is 18.4 Å². The minimum Gasteiger partial charge on any atom is -0.295 e. The van der Waals surface area contributed by atoms with Crippen LogP contribution in [0.1, 0.15) is 35.1 Å². The molecule has 1 fully saturated rings. The highest BCUT2D eigenvalue weighted by Crippen LogP contribution is 2.45. The van der Waals surface area contributed by atoms with Gasteiger partial charge in [-0.1, -0.05) is 54.6 Å². The van der Waals surface area contributed by atoms with E-state index in [0.717, 1.165) is 0 Å². The second-order valence-electron chi connectivity index (χ2n) is 5.39. The third-order valence-electron chi connectivity index (χ3n) is 4.48. The number of hydrogen-bond donors (Lipinski definition) is 0. The van der Waals surface area contributed by atoms with Gasteiger partial charge in [-0.2, -0.15) is 0 Å². The van der Waals surface area contributed by atoms with Crippen LogP contribution < -0.4 is 0 Å². The maximum Gasteiger partial charge on any atom is 0.0363 e. The number of hydrogen-bond acceptors (Lipinski definition) is 1. The Bertz CT molecular complexity index is 561. The molecule has 1 nitrogen and oxygen atoms in total. The largest absolute Gasteiger partial charge is 0.295 e. The van der Waals surface area contributed by atoms with E-state index in [2.05, 4.69) is 59.5 Å². The van der Waals surface area contributed by atoms with Gasteiger partial charge in [-0.05, 0) is 23.1 Å². The van der Waals surface area contributed by atoms with Gasteiger partial charge in [0.1, 0.15) is 0 Å². The van der Waals surface area contributed by atoms with Crippen molar-refractivity contribution in [1.82, 2.24) is 4.90 Å². The second kappa shape index (κ2) is 3.96. The summed E-state index contributed by atoms with van der Waals surface area (Å²) in [6.07, 6.45) is 1.33. The Labute approximate surface area is 108 Å². The summed E-state index contributed by atoms with van der Waals surface area (Å²) in [5.74, 6) is 0.555. The summed E-state index contributed by atoms with van der Waals surface area (Å²) < 4.78 is 0. The first-order valence-corrected chi connectivity index (χ1v) is 6.81. The van der Waals surface area contributed by atoms with E-state index in [9.17, 15) is 0 Å². The summed E-state index contributed by atoms with van der Waals surface area (Å²) >= 11 is 0. The zero-order chi connectivity index (χ0) is 11.9. The highest BCUT2D eigenvalue weighted by molar-refractivity contribution is 5.43. The molecule has 2 aromatic rings. The Morgan fingerprint density at radius 2 is 1.56 bits per heavy atom. The van der Waals surface area contributed by atoms with E-state index in [0.29, 0.717) is 12.0 Å². The molecule has 0 aromatic heterocycles. The molecule has 0 aliphatic carbocycles. The quantitative estimate of drug-likeness (QED) is 0.730. The fourth-order valence-corrected chi connectivity index (χ4v) is 3.45. The molecule has 1 saturated heterocycles. The van der Waals surface area contributed by atoms with Crippen LogP contribution >= 0.6 is 0 Å². The van der Waals surface area contributed by atoms with E-state index >= 15 is 0 Å². The van der Waals surface area contributed by atoms with E-state index in [1.165, 1.54) is 25.1 Å². The number of benzene rings is 2. The molecule has 2 aromatic carbocycles.